The minimum Gasteiger partial charge on any atom is -0.493 e. The lowest BCUT2D eigenvalue weighted by atomic mass is 9.95. The van der Waals surface area contributed by atoms with Crippen LogP contribution in [0.4, 0.5) is 0 Å². The van der Waals surface area contributed by atoms with Gasteiger partial charge in [-0.05, 0) is 37.5 Å². The van der Waals surface area contributed by atoms with Crippen LogP contribution in [0, 0.1) is 5.92 Å². The van der Waals surface area contributed by atoms with Crippen molar-refractivity contribution in [3.63, 3.8) is 0 Å². The van der Waals surface area contributed by atoms with Crippen LogP contribution in [0.1, 0.15) is 25.3 Å². The van der Waals surface area contributed by atoms with E-state index >= 15 is 0 Å². The van der Waals surface area contributed by atoms with Gasteiger partial charge < -0.3 is 20.1 Å². The normalized spacial score (nSPS) is 21.7. The molecule has 1 aromatic rings. The van der Waals surface area contributed by atoms with Crippen molar-refractivity contribution < 1.29 is 14.3 Å². The molecule has 1 amide bonds. The van der Waals surface area contributed by atoms with Crippen LogP contribution in [-0.2, 0) is 11.3 Å². The highest BCUT2D eigenvalue weighted by Crippen LogP contribution is 2.27. The molecule has 2 atom stereocenters. The van der Waals surface area contributed by atoms with Crippen molar-refractivity contribution in [2.45, 2.75) is 32.4 Å². The predicted molar refractivity (Wildman–Crippen MR) is 81.6 cm³/mol. The number of ether oxygens (including phenoxy) is 2. The summed E-state index contributed by atoms with van der Waals surface area (Å²) in [6.07, 6.45) is 2.00. The van der Waals surface area contributed by atoms with Crippen molar-refractivity contribution in [1.82, 2.24) is 10.6 Å². The molecule has 0 aliphatic carbocycles. The molecule has 116 valence electrons. The van der Waals surface area contributed by atoms with E-state index in [-0.39, 0.29) is 11.8 Å². The molecule has 2 rings (SSSR count). The summed E-state index contributed by atoms with van der Waals surface area (Å²) < 4.78 is 10.5. The summed E-state index contributed by atoms with van der Waals surface area (Å²) in [5.74, 6) is 1.56. The van der Waals surface area contributed by atoms with Crippen molar-refractivity contribution in [3.05, 3.63) is 23.8 Å². The fraction of sp³-hybridized carbons (Fsp3) is 0.562. The van der Waals surface area contributed by atoms with Crippen molar-refractivity contribution in [2.24, 2.45) is 5.92 Å². The fourth-order valence-electron chi connectivity index (χ4n) is 2.55. The number of piperidine rings is 1. The lowest BCUT2D eigenvalue weighted by molar-refractivity contribution is -0.125. The molecular weight excluding hydrogens is 268 g/mol. The first kappa shape index (κ1) is 15.6. The first-order chi connectivity index (χ1) is 10.1. The quantitative estimate of drug-likeness (QED) is 0.867. The van der Waals surface area contributed by atoms with Gasteiger partial charge in [0.05, 0.1) is 20.1 Å². The van der Waals surface area contributed by atoms with E-state index in [1.165, 1.54) is 0 Å². The molecule has 1 heterocycles. The summed E-state index contributed by atoms with van der Waals surface area (Å²) in [6, 6.07) is 6.19. The molecule has 0 saturated carbocycles. The molecule has 0 radical (unpaired) electrons. The summed E-state index contributed by atoms with van der Waals surface area (Å²) in [5, 5.41) is 6.34. The third-order valence-electron chi connectivity index (χ3n) is 3.95. The third-order valence-corrected chi connectivity index (χ3v) is 3.95. The SMILES string of the molecule is COc1ccc(CNC(=O)C2CCC(C)NC2)cc1OC. The standard InChI is InChI=1S/C16H24N2O3/c1-11-4-6-13(10-17-11)16(19)18-9-12-5-7-14(20-2)15(8-12)21-3/h5,7-8,11,13,17H,4,6,9-10H2,1-3H3,(H,18,19). The summed E-state index contributed by atoms with van der Waals surface area (Å²) >= 11 is 0. The highest BCUT2D eigenvalue weighted by molar-refractivity contribution is 5.79. The molecule has 1 aromatic carbocycles. The van der Waals surface area contributed by atoms with E-state index in [0.29, 0.717) is 24.1 Å². The van der Waals surface area contributed by atoms with Gasteiger partial charge in [-0.2, -0.15) is 0 Å². The van der Waals surface area contributed by atoms with Gasteiger partial charge in [0, 0.05) is 19.1 Å². The lowest BCUT2D eigenvalue weighted by Crippen LogP contribution is -2.43. The van der Waals surface area contributed by atoms with Crippen molar-refractivity contribution in [3.8, 4) is 11.5 Å². The van der Waals surface area contributed by atoms with Gasteiger partial charge >= 0.3 is 0 Å². The van der Waals surface area contributed by atoms with Crippen LogP contribution >= 0.6 is 0 Å². The first-order valence-corrected chi connectivity index (χ1v) is 7.36. The second-order valence-corrected chi connectivity index (χ2v) is 5.49. The monoisotopic (exact) mass is 292 g/mol. The number of nitrogens with one attached hydrogen (secondary N) is 2. The van der Waals surface area contributed by atoms with Gasteiger partial charge in [-0.25, -0.2) is 0 Å². The number of methoxy groups -OCH3 is 2. The molecule has 1 aliphatic rings. The summed E-state index contributed by atoms with van der Waals surface area (Å²) in [5.41, 5.74) is 0.998. The van der Waals surface area contributed by atoms with E-state index in [0.717, 1.165) is 24.9 Å². The fourth-order valence-corrected chi connectivity index (χ4v) is 2.55. The molecule has 1 fully saturated rings. The number of rotatable bonds is 5. The van der Waals surface area contributed by atoms with Gasteiger partial charge in [-0.1, -0.05) is 6.07 Å². The topological polar surface area (TPSA) is 59.6 Å². The Morgan fingerprint density at radius 3 is 2.67 bits per heavy atom. The Kier molecular flexibility index (Phi) is 5.44. The van der Waals surface area contributed by atoms with Crippen LogP contribution in [0.3, 0.4) is 0 Å². The third kappa shape index (κ3) is 4.11. The number of hydrogen-bond acceptors (Lipinski definition) is 4. The van der Waals surface area contributed by atoms with Gasteiger partial charge in [0.2, 0.25) is 5.91 Å². The molecular formula is C16H24N2O3. The van der Waals surface area contributed by atoms with Crippen LogP contribution in [0.5, 0.6) is 11.5 Å². The molecule has 1 saturated heterocycles. The highest BCUT2D eigenvalue weighted by Gasteiger charge is 2.23. The first-order valence-electron chi connectivity index (χ1n) is 7.36. The maximum atomic E-state index is 12.1. The Bertz CT molecular complexity index is 482. The summed E-state index contributed by atoms with van der Waals surface area (Å²) in [7, 11) is 3.21. The van der Waals surface area contributed by atoms with Gasteiger partial charge in [0.1, 0.15) is 0 Å². The minimum absolute atomic E-state index is 0.0707. The molecule has 5 heteroatoms. The van der Waals surface area contributed by atoms with Gasteiger partial charge in [-0.3, -0.25) is 4.79 Å². The average Bonchev–Trinajstić information content (AvgIpc) is 2.52. The molecule has 0 aromatic heterocycles. The van der Waals surface area contributed by atoms with Gasteiger partial charge in [0.15, 0.2) is 11.5 Å². The highest BCUT2D eigenvalue weighted by atomic mass is 16.5. The van der Waals surface area contributed by atoms with Gasteiger partial charge in [-0.15, -0.1) is 0 Å². The maximum absolute atomic E-state index is 12.1. The zero-order valence-corrected chi connectivity index (χ0v) is 12.9. The second-order valence-electron chi connectivity index (χ2n) is 5.49. The van der Waals surface area contributed by atoms with Crippen LogP contribution in [0.15, 0.2) is 18.2 Å². The molecule has 2 unspecified atom stereocenters. The van der Waals surface area contributed by atoms with Gasteiger partial charge in [0.25, 0.3) is 0 Å². The minimum atomic E-state index is 0.0707. The van der Waals surface area contributed by atoms with Crippen molar-refractivity contribution in [1.29, 1.82) is 0 Å². The van der Waals surface area contributed by atoms with Crippen LogP contribution in [0.2, 0.25) is 0 Å². The number of carbonyl (C=O) groups excluding carboxylic acids is 1. The Morgan fingerprint density at radius 2 is 2.05 bits per heavy atom. The Morgan fingerprint density at radius 1 is 1.29 bits per heavy atom. The average molecular weight is 292 g/mol. The Labute approximate surface area is 126 Å². The van der Waals surface area contributed by atoms with E-state index < -0.39 is 0 Å². The van der Waals surface area contributed by atoms with Crippen LogP contribution in [0.25, 0.3) is 0 Å². The van der Waals surface area contributed by atoms with Crippen LogP contribution in [-0.4, -0.2) is 32.7 Å². The molecule has 5 nitrogen and oxygen atoms in total. The Hall–Kier alpha value is -1.75. The number of amides is 1. The lowest BCUT2D eigenvalue weighted by Gasteiger charge is -2.26. The van der Waals surface area contributed by atoms with Crippen LogP contribution < -0.4 is 20.1 Å². The predicted octanol–water partition coefficient (Wildman–Crippen LogP) is 1.71. The molecule has 1 aliphatic heterocycles. The molecule has 2 N–H and O–H groups in total. The van der Waals surface area contributed by atoms with E-state index in [1.807, 2.05) is 18.2 Å². The van der Waals surface area contributed by atoms with Crippen molar-refractivity contribution >= 4 is 5.91 Å². The number of benzene rings is 1. The van der Waals surface area contributed by atoms with E-state index in [4.69, 9.17) is 9.47 Å². The largest absolute Gasteiger partial charge is 0.493 e. The zero-order chi connectivity index (χ0) is 15.2. The molecule has 0 bridgehead atoms. The molecule has 21 heavy (non-hydrogen) atoms. The van der Waals surface area contributed by atoms with E-state index in [9.17, 15) is 4.79 Å². The maximum Gasteiger partial charge on any atom is 0.224 e. The van der Waals surface area contributed by atoms with Crippen molar-refractivity contribution in [2.75, 3.05) is 20.8 Å². The summed E-state index contributed by atoms with van der Waals surface area (Å²) in [6.45, 7) is 3.42. The Balaban J connectivity index is 1.89. The number of carbonyl (C=O) groups is 1. The zero-order valence-electron chi connectivity index (χ0n) is 12.9. The smallest absolute Gasteiger partial charge is 0.224 e. The number of hydrogen-bond donors (Lipinski definition) is 2. The van der Waals surface area contributed by atoms with E-state index in [2.05, 4.69) is 17.6 Å². The summed E-state index contributed by atoms with van der Waals surface area (Å²) in [4.78, 5) is 12.1. The van der Waals surface area contributed by atoms with E-state index in [1.54, 1.807) is 14.2 Å². The second kappa shape index (κ2) is 7.31. The molecule has 0 spiro atoms.